The predicted octanol–water partition coefficient (Wildman–Crippen LogP) is 5.65. The molecule has 0 heterocycles. The highest BCUT2D eigenvalue weighted by atomic mass is 14.9. The molecule has 1 atom stereocenters. The van der Waals surface area contributed by atoms with Gasteiger partial charge in [0.1, 0.15) is 0 Å². The standard InChI is InChI=1S/C19H33N/c1-4-7-9-10-12-19(20-6-3)18-15-13-17(14-16-18)11-8-5-2/h13-16,19-20H,4-12H2,1-3H3. The van der Waals surface area contributed by atoms with Gasteiger partial charge in [0.15, 0.2) is 0 Å². The Balaban J connectivity index is 2.52. The molecule has 1 unspecified atom stereocenters. The minimum absolute atomic E-state index is 0.539. The molecule has 0 aliphatic rings. The summed E-state index contributed by atoms with van der Waals surface area (Å²) < 4.78 is 0. The summed E-state index contributed by atoms with van der Waals surface area (Å²) in [5.74, 6) is 0. The molecule has 114 valence electrons. The fraction of sp³-hybridized carbons (Fsp3) is 0.684. The molecule has 1 aromatic rings. The van der Waals surface area contributed by atoms with Gasteiger partial charge in [-0.15, -0.1) is 0 Å². The van der Waals surface area contributed by atoms with Crippen LogP contribution in [0.15, 0.2) is 24.3 Å². The predicted molar refractivity (Wildman–Crippen MR) is 90.2 cm³/mol. The third kappa shape index (κ3) is 6.56. The molecule has 0 amide bonds. The van der Waals surface area contributed by atoms with E-state index in [-0.39, 0.29) is 0 Å². The van der Waals surface area contributed by atoms with Crippen LogP contribution in [0.2, 0.25) is 0 Å². The molecule has 0 aliphatic heterocycles. The van der Waals surface area contributed by atoms with Gasteiger partial charge < -0.3 is 5.32 Å². The summed E-state index contributed by atoms with van der Waals surface area (Å²) in [7, 11) is 0. The maximum absolute atomic E-state index is 3.64. The van der Waals surface area contributed by atoms with E-state index in [1.165, 1.54) is 62.5 Å². The zero-order chi connectivity index (χ0) is 14.6. The van der Waals surface area contributed by atoms with E-state index < -0.39 is 0 Å². The van der Waals surface area contributed by atoms with Crippen molar-refractivity contribution in [2.45, 2.75) is 78.2 Å². The van der Waals surface area contributed by atoms with Crippen molar-refractivity contribution < 1.29 is 0 Å². The van der Waals surface area contributed by atoms with Crippen molar-refractivity contribution in [2.24, 2.45) is 0 Å². The number of aryl methyl sites for hydroxylation is 1. The maximum Gasteiger partial charge on any atom is 0.0320 e. The second-order valence-electron chi connectivity index (χ2n) is 5.80. The van der Waals surface area contributed by atoms with Gasteiger partial charge in [0, 0.05) is 6.04 Å². The topological polar surface area (TPSA) is 12.0 Å². The largest absolute Gasteiger partial charge is 0.310 e. The normalized spacial score (nSPS) is 12.6. The number of hydrogen-bond donors (Lipinski definition) is 1. The van der Waals surface area contributed by atoms with Gasteiger partial charge in [0.25, 0.3) is 0 Å². The van der Waals surface area contributed by atoms with Gasteiger partial charge >= 0.3 is 0 Å². The lowest BCUT2D eigenvalue weighted by atomic mass is 9.98. The number of benzene rings is 1. The van der Waals surface area contributed by atoms with Crippen molar-refractivity contribution in [3.63, 3.8) is 0 Å². The SMILES string of the molecule is CCCCCCC(NCC)c1ccc(CCCC)cc1. The van der Waals surface area contributed by atoms with Crippen LogP contribution < -0.4 is 5.32 Å². The molecule has 0 saturated carbocycles. The summed E-state index contributed by atoms with van der Waals surface area (Å²) in [4.78, 5) is 0. The van der Waals surface area contributed by atoms with Crippen molar-refractivity contribution in [3.05, 3.63) is 35.4 Å². The van der Waals surface area contributed by atoms with E-state index in [2.05, 4.69) is 50.4 Å². The van der Waals surface area contributed by atoms with Gasteiger partial charge in [-0.3, -0.25) is 0 Å². The van der Waals surface area contributed by atoms with Crippen LogP contribution in [0.3, 0.4) is 0 Å². The van der Waals surface area contributed by atoms with Gasteiger partial charge in [-0.1, -0.05) is 77.1 Å². The molecule has 0 spiro atoms. The van der Waals surface area contributed by atoms with Crippen LogP contribution in [0.5, 0.6) is 0 Å². The molecular weight excluding hydrogens is 242 g/mol. The van der Waals surface area contributed by atoms with E-state index in [0.717, 1.165) is 6.54 Å². The van der Waals surface area contributed by atoms with E-state index in [4.69, 9.17) is 0 Å². The number of hydrogen-bond acceptors (Lipinski definition) is 1. The highest BCUT2D eigenvalue weighted by molar-refractivity contribution is 5.25. The van der Waals surface area contributed by atoms with Crippen molar-refractivity contribution in [1.29, 1.82) is 0 Å². The van der Waals surface area contributed by atoms with Crippen LogP contribution in [0, 0.1) is 0 Å². The third-order valence-corrected chi connectivity index (χ3v) is 4.00. The summed E-state index contributed by atoms with van der Waals surface area (Å²) >= 11 is 0. The zero-order valence-electron chi connectivity index (χ0n) is 13.8. The van der Waals surface area contributed by atoms with E-state index in [9.17, 15) is 0 Å². The molecule has 0 aromatic heterocycles. The van der Waals surface area contributed by atoms with E-state index in [0.29, 0.717) is 6.04 Å². The van der Waals surface area contributed by atoms with Crippen molar-refractivity contribution in [3.8, 4) is 0 Å². The molecule has 1 heteroatoms. The average molecular weight is 275 g/mol. The van der Waals surface area contributed by atoms with E-state index in [1.807, 2.05) is 0 Å². The second kappa shape index (κ2) is 10.9. The first-order valence-electron chi connectivity index (χ1n) is 8.64. The van der Waals surface area contributed by atoms with Crippen molar-refractivity contribution in [1.82, 2.24) is 5.32 Å². The first-order chi connectivity index (χ1) is 9.81. The molecule has 0 bridgehead atoms. The van der Waals surface area contributed by atoms with Crippen LogP contribution >= 0.6 is 0 Å². The molecule has 0 aliphatic carbocycles. The number of nitrogens with one attached hydrogen (secondary N) is 1. The third-order valence-electron chi connectivity index (χ3n) is 4.00. The minimum Gasteiger partial charge on any atom is -0.310 e. The molecule has 1 aromatic carbocycles. The van der Waals surface area contributed by atoms with Gasteiger partial charge in [0.2, 0.25) is 0 Å². The summed E-state index contributed by atoms with van der Waals surface area (Å²) in [6.07, 6.45) is 10.5. The van der Waals surface area contributed by atoms with Crippen LogP contribution in [0.25, 0.3) is 0 Å². The van der Waals surface area contributed by atoms with E-state index >= 15 is 0 Å². The fourth-order valence-corrected chi connectivity index (χ4v) is 2.71. The average Bonchev–Trinajstić information content (AvgIpc) is 2.49. The lowest BCUT2D eigenvalue weighted by Crippen LogP contribution is -2.20. The van der Waals surface area contributed by atoms with Gasteiger partial charge in [-0.25, -0.2) is 0 Å². The molecule has 0 fully saturated rings. The molecule has 20 heavy (non-hydrogen) atoms. The fourth-order valence-electron chi connectivity index (χ4n) is 2.71. The van der Waals surface area contributed by atoms with Gasteiger partial charge in [0.05, 0.1) is 0 Å². The highest BCUT2D eigenvalue weighted by Crippen LogP contribution is 2.21. The first-order valence-corrected chi connectivity index (χ1v) is 8.64. The highest BCUT2D eigenvalue weighted by Gasteiger charge is 2.09. The number of rotatable bonds is 11. The summed E-state index contributed by atoms with van der Waals surface area (Å²) in [6.45, 7) is 7.79. The molecule has 1 N–H and O–H groups in total. The van der Waals surface area contributed by atoms with Crippen LogP contribution in [0.1, 0.15) is 82.9 Å². The lowest BCUT2D eigenvalue weighted by Gasteiger charge is -2.18. The van der Waals surface area contributed by atoms with Crippen LogP contribution in [0.4, 0.5) is 0 Å². The van der Waals surface area contributed by atoms with Crippen LogP contribution in [-0.4, -0.2) is 6.54 Å². The Kier molecular flexibility index (Phi) is 9.40. The molecule has 1 nitrogen and oxygen atoms in total. The Hall–Kier alpha value is -0.820. The summed E-state index contributed by atoms with van der Waals surface area (Å²) in [5, 5.41) is 3.64. The minimum atomic E-state index is 0.539. The smallest absolute Gasteiger partial charge is 0.0320 e. The molecule has 0 radical (unpaired) electrons. The zero-order valence-corrected chi connectivity index (χ0v) is 13.8. The molecule has 0 saturated heterocycles. The Bertz CT molecular complexity index is 328. The molecule has 1 rings (SSSR count). The van der Waals surface area contributed by atoms with Crippen molar-refractivity contribution in [2.75, 3.05) is 6.54 Å². The van der Waals surface area contributed by atoms with Gasteiger partial charge in [-0.05, 0) is 36.9 Å². The summed E-state index contributed by atoms with van der Waals surface area (Å²) in [6, 6.07) is 9.84. The Morgan fingerprint density at radius 3 is 2.15 bits per heavy atom. The first kappa shape index (κ1) is 17.2. The summed E-state index contributed by atoms with van der Waals surface area (Å²) in [5.41, 5.74) is 2.94. The second-order valence-corrected chi connectivity index (χ2v) is 5.80. The lowest BCUT2D eigenvalue weighted by molar-refractivity contribution is 0.481. The Morgan fingerprint density at radius 1 is 0.850 bits per heavy atom. The monoisotopic (exact) mass is 275 g/mol. The molecular formula is C19H33N. The van der Waals surface area contributed by atoms with Gasteiger partial charge in [-0.2, -0.15) is 0 Å². The Labute approximate surface area is 126 Å². The van der Waals surface area contributed by atoms with Crippen LogP contribution in [-0.2, 0) is 6.42 Å². The maximum atomic E-state index is 3.64. The number of unbranched alkanes of at least 4 members (excludes halogenated alkanes) is 4. The van der Waals surface area contributed by atoms with E-state index in [1.54, 1.807) is 0 Å². The quantitative estimate of drug-likeness (QED) is 0.514. The van der Waals surface area contributed by atoms with Crippen molar-refractivity contribution >= 4 is 0 Å². The Morgan fingerprint density at radius 2 is 1.55 bits per heavy atom.